The lowest BCUT2D eigenvalue weighted by molar-refractivity contribution is 0.0666. The van der Waals surface area contributed by atoms with Crippen molar-refractivity contribution < 1.29 is 14.4 Å². The van der Waals surface area contributed by atoms with E-state index in [9.17, 15) is 14.4 Å². The maximum atomic E-state index is 13.8. The molecule has 0 fully saturated rings. The van der Waals surface area contributed by atoms with Crippen LogP contribution in [0.15, 0.2) is 83.1 Å². The molecule has 1 unspecified atom stereocenters. The number of likely N-dealkylation sites (N-methyl/N-ethyl adjacent to an activating group) is 2. The molecule has 38 heavy (non-hydrogen) atoms. The first-order chi connectivity index (χ1) is 18.2. The van der Waals surface area contributed by atoms with Crippen molar-refractivity contribution in [1.29, 1.82) is 0 Å². The molecule has 2 aliphatic rings. The number of fused-ring (bicyclic) bond motifs is 1. The molecule has 0 aromatic heterocycles. The summed E-state index contributed by atoms with van der Waals surface area (Å²) in [7, 11) is 5.90. The molecule has 194 valence electrons. The van der Waals surface area contributed by atoms with Gasteiger partial charge in [-0.3, -0.25) is 19.3 Å². The fraction of sp³-hybridized carbons (Fsp3) is 0.207. The molecule has 3 aromatic carbocycles. The molecule has 7 nitrogen and oxygen atoms in total. The SMILES string of the molecule is CN(C)CC1N(C)C=C(CN2C(=O)c3ccccc3C2=O)N1c1ccc(Br)cc1C(=O)c1ccccc1Cl. The Morgan fingerprint density at radius 1 is 0.947 bits per heavy atom. The van der Waals surface area contributed by atoms with Gasteiger partial charge >= 0.3 is 0 Å². The van der Waals surface area contributed by atoms with Crippen molar-refractivity contribution in [2.45, 2.75) is 6.17 Å². The third-order valence-corrected chi connectivity index (χ3v) is 7.56. The number of anilines is 1. The summed E-state index contributed by atoms with van der Waals surface area (Å²) < 4.78 is 0.749. The van der Waals surface area contributed by atoms with Crippen molar-refractivity contribution in [3.63, 3.8) is 0 Å². The highest BCUT2D eigenvalue weighted by atomic mass is 79.9. The molecule has 0 spiro atoms. The van der Waals surface area contributed by atoms with Gasteiger partial charge in [-0.05, 0) is 56.6 Å². The molecule has 2 aliphatic heterocycles. The Hall–Kier alpha value is -3.46. The van der Waals surface area contributed by atoms with Crippen molar-refractivity contribution in [1.82, 2.24) is 14.7 Å². The standard InChI is InChI=1S/C29H26BrClN4O3/c1-32(2)17-26-33(3)15-19(16-34-28(37)20-8-4-5-9-21(20)29(34)38)35(26)25-13-12-18(30)14-23(25)27(36)22-10-6-7-11-24(22)31/h4-15,26H,16-17H2,1-3H3. The molecule has 9 heteroatoms. The van der Waals surface area contributed by atoms with Crippen molar-refractivity contribution in [2.24, 2.45) is 0 Å². The summed E-state index contributed by atoms with van der Waals surface area (Å²) in [4.78, 5) is 47.6. The average molecular weight is 594 g/mol. The Labute approximate surface area is 235 Å². The van der Waals surface area contributed by atoms with Gasteiger partial charge in [-0.15, -0.1) is 0 Å². The van der Waals surface area contributed by atoms with Gasteiger partial charge in [-0.25, -0.2) is 0 Å². The number of rotatable bonds is 7. The van der Waals surface area contributed by atoms with E-state index in [0.717, 1.165) is 10.2 Å². The Bertz CT molecular complexity index is 1450. The summed E-state index contributed by atoms with van der Waals surface area (Å²) in [6, 6.07) is 19.4. The molecule has 0 radical (unpaired) electrons. The van der Waals surface area contributed by atoms with Gasteiger partial charge in [0.05, 0.1) is 34.1 Å². The van der Waals surface area contributed by atoms with Crippen molar-refractivity contribution in [3.8, 4) is 0 Å². The predicted octanol–water partition coefficient (Wildman–Crippen LogP) is 5.11. The number of carbonyl (C=O) groups excluding carboxylic acids is 3. The van der Waals surface area contributed by atoms with Crippen LogP contribution in [0.3, 0.4) is 0 Å². The summed E-state index contributed by atoms with van der Waals surface area (Å²) in [5.41, 5.74) is 3.05. The lowest BCUT2D eigenvalue weighted by atomic mass is 10.0. The zero-order chi connectivity index (χ0) is 27.1. The third-order valence-electron chi connectivity index (χ3n) is 6.74. The van der Waals surface area contributed by atoms with E-state index < -0.39 is 0 Å². The highest BCUT2D eigenvalue weighted by molar-refractivity contribution is 9.10. The first kappa shape index (κ1) is 26.2. The summed E-state index contributed by atoms with van der Waals surface area (Å²) in [5, 5.41) is 0.369. The minimum absolute atomic E-state index is 0.0659. The largest absolute Gasteiger partial charge is 0.357 e. The minimum Gasteiger partial charge on any atom is -0.357 e. The number of halogens is 2. The predicted molar refractivity (Wildman–Crippen MR) is 152 cm³/mol. The normalized spacial score (nSPS) is 16.9. The lowest BCUT2D eigenvalue weighted by Crippen LogP contribution is -2.47. The molecule has 0 saturated carbocycles. The second-order valence-corrected chi connectivity index (χ2v) is 10.9. The second-order valence-electron chi connectivity index (χ2n) is 9.61. The van der Waals surface area contributed by atoms with Gasteiger partial charge in [0.15, 0.2) is 5.78 Å². The maximum absolute atomic E-state index is 13.8. The number of ketones is 1. The number of hydrogen-bond donors (Lipinski definition) is 0. The van der Waals surface area contributed by atoms with E-state index in [0.29, 0.717) is 39.5 Å². The molecule has 2 heterocycles. The number of benzene rings is 3. The first-order valence-electron chi connectivity index (χ1n) is 12.1. The monoisotopic (exact) mass is 592 g/mol. The van der Waals surface area contributed by atoms with Crippen molar-refractivity contribution >= 4 is 50.8 Å². The van der Waals surface area contributed by atoms with E-state index in [1.807, 2.05) is 49.3 Å². The van der Waals surface area contributed by atoms with Crippen LogP contribution in [0.5, 0.6) is 0 Å². The zero-order valence-electron chi connectivity index (χ0n) is 21.2. The molecule has 0 bridgehead atoms. The molecule has 1 atom stereocenters. The van der Waals surface area contributed by atoms with E-state index in [4.69, 9.17) is 11.6 Å². The topological polar surface area (TPSA) is 64.2 Å². The van der Waals surface area contributed by atoms with Crippen LogP contribution in [0, 0.1) is 0 Å². The van der Waals surface area contributed by atoms with Gasteiger partial charge < -0.3 is 14.7 Å². The van der Waals surface area contributed by atoms with Gasteiger partial charge in [0.2, 0.25) is 0 Å². The summed E-state index contributed by atoms with van der Waals surface area (Å²) >= 11 is 9.92. The molecular formula is C29H26BrClN4O3. The molecule has 3 aromatic rings. The van der Waals surface area contributed by atoms with Crippen LogP contribution >= 0.6 is 27.5 Å². The molecule has 0 aliphatic carbocycles. The zero-order valence-corrected chi connectivity index (χ0v) is 23.5. The number of hydrogen-bond acceptors (Lipinski definition) is 6. The Balaban J connectivity index is 1.58. The third kappa shape index (κ3) is 4.64. The number of carbonyl (C=O) groups is 3. The van der Waals surface area contributed by atoms with E-state index in [1.165, 1.54) is 4.90 Å². The first-order valence-corrected chi connectivity index (χ1v) is 13.2. The van der Waals surface area contributed by atoms with Crippen LogP contribution in [0.4, 0.5) is 5.69 Å². The van der Waals surface area contributed by atoms with Crippen LogP contribution in [-0.4, -0.2) is 72.7 Å². The van der Waals surface area contributed by atoms with E-state index >= 15 is 0 Å². The van der Waals surface area contributed by atoms with E-state index in [2.05, 4.69) is 20.8 Å². The Kier molecular flexibility index (Phi) is 7.13. The van der Waals surface area contributed by atoms with Gasteiger partial charge in [0.1, 0.15) is 6.17 Å². The second kappa shape index (κ2) is 10.4. The molecule has 0 saturated heterocycles. The smallest absolute Gasteiger partial charge is 0.261 e. The summed E-state index contributed by atoms with van der Waals surface area (Å²) in [6.07, 6.45) is 1.75. The molecular weight excluding hydrogens is 568 g/mol. The Morgan fingerprint density at radius 2 is 1.58 bits per heavy atom. The molecule has 2 amide bonds. The van der Waals surface area contributed by atoms with Crippen LogP contribution in [0.2, 0.25) is 5.02 Å². The van der Waals surface area contributed by atoms with E-state index in [1.54, 1.807) is 54.6 Å². The average Bonchev–Trinajstić information content (AvgIpc) is 3.32. The summed E-state index contributed by atoms with van der Waals surface area (Å²) in [6.45, 7) is 0.699. The quantitative estimate of drug-likeness (QED) is 0.280. The van der Waals surface area contributed by atoms with Crippen LogP contribution in [0.1, 0.15) is 36.6 Å². The van der Waals surface area contributed by atoms with Crippen LogP contribution in [-0.2, 0) is 0 Å². The van der Waals surface area contributed by atoms with Gasteiger partial charge in [-0.1, -0.05) is 51.8 Å². The highest BCUT2D eigenvalue weighted by Crippen LogP contribution is 2.37. The fourth-order valence-electron chi connectivity index (χ4n) is 4.96. The Morgan fingerprint density at radius 3 is 2.21 bits per heavy atom. The summed E-state index contributed by atoms with van der Waals surface area (Å²) in [5.74, 6) is -0.869. The van der Waals surface area contributed by atoms with Gasteiger partial charge in [0, 0.05) is 35.4 Å². The fourth-order valence-corrected chi connectivity index (χ4v) is 5.54. The minimum atomic E-state index is -0.326. The molecule has 0 N–H and O–H groups in total. The highest BCUT2D eigenvalue weighted by Gasteiger charge is 2.40. The maximum Gasteiger partial charge on any atom is 0.261 e. The number of amides is 2. The molecule has 5 rings (SSSR count). The van der Waals surface area contributed by atoms with Crippen molar-refractivity contribution in [3.05, 3.63) is 110 Å². The van der Waals surface area contributed by atoms with Crippen molar-refractivity contribution in [2.75, 3.05) is 39.1 Å². The lowest BCUT2D eigenvalue weighted by Gasteiger charge is -2.36. The van der Waals surface area contributed by atoms with Crippen LogP contribution in [0.25, 0.3) is 0 Å². The number of nitrogens with zero attached hydrogens (tertiary/aromatic N) is 4. The number of imide groups is 1. The van der Waals surface area contributed by atoms with Crippen LogP contribution < -0.4 is 4.90 Å². The van der Waals surface area contributed by atoms with Gasteiger partial charge in [-0.2, -0.15) is 0 Å². The van der Waals surface area contributed by atoms with E-state index in [-0.39, 0.29) is 30.3 Å². The van der Waals surface area contributed by atoms with Gasteiger partial charge in [0.25, 0.3) is 11.8 Å².